The van der Waals surface area contributed by atoms with Crippen LogP contribution >= 0.6 is 31.9 Å². The summed E-state index contributed by atoms with van der Waals surface area (Å²) in [6.45, 7) is 0. The highest BCUT2D eigenvalue weighted by Crippen LogP contribution is 2.48. The second-order valence-corrected chi connectivity index (χ2v) is 8.80. The molecule has 6 rings (SSSR count). The van der Waals surface area contributed by atoms with E-state index in [2.05, 4.69) is 31.9 Å². The molecule has 0 heterocycles. The topological polar surface area (TPSA) is 34.1 Å². The fourth-order valence-corrected chi connectivity index (χ4v) is 5.17. The van der Waals surface area contributed by atoms with Gasteiger partial charge in [-0.1, -0.05) is 36.4 Å². The number of ketones is 2. The van der Waals surface area contributed by atoms with Crippen molar-refractivity contribution in [3.8, 4) is 22.3 Å². The summed E-state index contributed by atoms with van der Waals surface area (Å²) in [5.41, 5.74) is 6.54. The second kappa shape index (κ2) is 5.49. The van der Waals surface area contributed by atoms with Crippen LogP contribution in [-0.2, 0) is 0 Å². The molecule has 0 atom stereocenters. The Kier molecular flexibility index (Phi) is 3.22. The summed E-state index contributed by atoms with van der Waals surface area (Å²) in [6, 6.07) is 19.3. The zero-order chi connectivity index (χ0) is 19.2. The standard InChI is InChI=1S/C24H10Br2O2/c25-19-9-17-13-6-8-15-21-12(11-3-1-2-4-14(11)23(15)27)5-7-16(22(13)21)24(28)18(17)10-20(19)26/h1-10H. The number of halogens is 2. The molecule has 0 spiro atoms. The second-order valence-electron chi connectivity index (χ2n) is 7.09. The minimum absolute atomic E-state index is 0.00860. The molecule has 0 bridgehead atoms. The number of benzene rings is 4. The average Bonchev–Trinajstić information content (AvgIpc) is 2.72. The smallest absolute Gasteiger partial charge is 0.194 e. The van der Waals surface area contributed by atoms with E-state index in [9.17, 15) is 9.59 Å². The van der Waals surface area contributed by atoms with Crippen molar-refractivity contribution in [2.75, 3.05) is 0 Å². The van der Waals surface area contributed by atoms with Crippen LogP contribution in [0.25, 0.3) is 33.0 Å². The third kappa shape index (κ3) is 1.92. The van der Waals surface area contributed by atoms with Crippen LogP contribution in [0, 0.1) is 0 Å². The van der Waals surface area contributed by atoms with Crippen molar-refractivity contribution in [1.82, 2.24) is 0 Å². The molecule has 0 aromatic heterocycles. The molecule has 4 aromatic carbocycles. The first-order valence-electron chi connectivity index (χ1n) is 8.84. The molecule has 0 aliphatic heterocycles. The van der Waals surface area contributed by atoms with E-state index in [-0.39, 0.29) is 11.6 Å². The lowest BCUT2D eigenvalue weighted by molar-refractivity contribution is 0.103. The predicted octanol–water partition coefficient (Wildman–Crippen LogP) is 6.79. The van der Waals surface area contributed by atoms with Gasteiger partial charge >= 0.3 is 0 Å². The molecule has 0 unspecified atom stereocenters. The van der Waals surface area contributed by atoms with Gasteiger partial charge in [0.05, 0.1) is 0 Å². The lowest BCUT2D eigenvalue weighted by Crippen LogP contribution is -2.15. The molecular weight excluding hydrogens is 480 g/mol. The van der Waals surface area contributed by atoms with Crippen molar-refractivity contribution in [2.45, 2.75) is 0 Å². The fraction of sp³-hybridized carbons (Fsp3) is 0. The van der Waals surface area contributed by atoms with E-state index < -0.39 is 0 Å². The van der Waals surface area contributed by atoms with Crippen molar-refractivity contribution in [3.05, 3.63) is 91.9 Å². The maximum atomic E-state index is 13.3. The zero-order valence-electron chi connectivity index (χ0n) is 14.3. The largest absolute Gasteiger partial charge is 0.289 e. The summed E-state index contributed by atoms with van der Waals surface area (Å²) in [5, 5.41) is 1.77. The maximum absolute atomic E-state index is 13.3. The van der Waals surface area contributed by atoms with Crippen LogP contribution in [0.5, 0.6) is 0 Å². The van der Waals surface area contributed by atoms with Gasteiger partial charge in [-0.15, -0.1) is 0 Å². The first-order valence-corrected chi connectivity index (χ1v) is 10.4. The summed E-state index contributed by atoms with van der Waals surface area (Å²) >= 11 is 7.06. The Morgan fingerprint density at radius 3 is 1.57 bits per heavy atom. The van der Waals surface area contributed by atoms with E-state index in [1.165, 1.54) is 0 Å². The average molecular weight is 490 g/mol. The van der Waals surface area contributed by atoms with Crippen molar-refractivity contribution in [1.29, 1.82) is 0 Å². The highest BCUT2D eigenvalue weighted by molar-refractivity contribution is 9.13. The molecule has 28 heavy (non-hydrogen) atoms. The molecule has 0 saturated carbocycles. The number of fused-ring (bicyclic) bond motifs is 4. The van der Waals surface area contributed by atoms with E-state index >= 15 is 0 Å². The van der Waals surface area contributed by atoms with Gasteiger partial charge in [-0.2, -0.15) is 0 Å². The molecule has 0 fully saturated rings. The molecule has 0 N–H and O–H groups in total. The van der Waals surface area contributed by atoms with Crippen molar-refractivity contribution < 1.29 is 9.59 Å². The van der Waals surface area contributed by atoms with E-state index in [1.54, 1.807) is 0 Å². The molecule has 0 radical (unpaired) electrons. The van der Waals surface area contributed by atoms with Gasteiger partial charge in [0.25, 0.3) is 0 Å². The molecule has 132 valence electrons. The highest BCUT2D eigenvalue weighted by atomic mass is 79.9. The van der Waals surface area contributed by atoms with Crippen LogP contribution < -0.4 is 0 Å². The molecule has 4 aromatic rings. The summed E-state index contributed by atoms with van der Waals surface area (Å²) < 4.78 is 1.74. The predicted molar refractivity (Wildman–Crippen MR) is 117 cm³/mol. The summed E-state index contributed by atoms with van der Waals surface area (Å²) in [5.74, 6) is 0.00717. The van der Waals surface area contributed by atoms with E-state index in [0.29, 0.717) is 22.3 Å². The van der Waals surface area contributed by atoms with Crippen LogP contribution in [0.4, 0.5) is 0 Å². The number of rotatable bonds is 0. The number of carbonyl (C=O) groups is 2. The molecule has 0 saturated heterocycles. The van der Waals surface area contributed by atoms with Gasteiger partial charge in [0.1, 0.15) is 0 Å². The van der Waals surface area contributed by atoms with E-state index in [0.717, 1.165) is 42.0 Å². The summed E-state index contributed by atoms with van der Waals surface area (Å²) in [4.78, 5) is 26.4. The Balaban J connectivity index is 1.82. The van der Waals surface area contributed by atoms with Crippen molar-refractivity contribution >= 4 is 54.2 Å². The van der Waals surface area contributed by atoms with E-state index in [1.807, 2.05) is 60.7 Å². The minimum atomic E-state index is -0.00860. The highest BCUT2D eigenvalue weighted by Gasteiger charge is 2.32. The lowest BCUT2D eigenvalue weighted by atomic mass is 9.76. The summed E-state index contributed by atoms with van der Waals surface area (Å²) in [7, 11) is 0. The Morgan fingerprint density at radius 1 is 0.464 bits per heavy atom. The fourth-order valence-electron chi connectivity index (χ4n) is 4.49. The third-order valence-electron chi connectivity index (χ3n) is 5.71. The van der Waals surface area contributed by atoms with Gasteiger partial charge in [-0.3, -0.25) is 9.59 Å². The molecule has 2 nitrogen and oxygen atoms in total. The number of hydrogen-bond acceptors (Lipinski definition) is 2. The Hall–Kier alpha value is -2.56. The maximum Gasteiger partial charge on any atom is 0.194 e. The van der Waals surface area contributed by atoms with Gasteiger partial charge < -0.3 is 0 Å². The molecule has 2 aliphatic rings. The lowest BCUT2D eigenvalue weighted by Gasteiger charge is -2.26. The monoisotopic (exact) mass is 488 g/mol. The molecule has 0 amide bonds. The van der Waals surface area contributed by atoms with Crippen LogP contribution in [0.15, 0.2) is 69.6 Å². The number of hydrogen-bond donors (Lipinski definition) is 0. The third-order valence-corrected chi connectivity index (χ3v) is 7.55. The van der Waals surface area contributed by atoms with Gasteiger partial charge in [0.2, 0.25) is 0 Å². The SMILES string of the molecule is O=C1c2ccccc2-c2ccc3c4c(ccc1c24)-c1cc(Br)c(Br)cc1C3=O. The van der Waals surface area contributed by atoms with Crippen molar-refractivity contribution in [2.24, 2.45) is 0 Å². The van der Waals surface area contributed by atoms with Gasteiger partial charge in [-0.25, -0.2) is 0 Å². The molecular formula is C24H10Br2O2. The minimum Gasteiger partial charge on any atom is -0.289 e. The Bertz CT molecular complexity index is 1420. The first-order chi connectivity index (χ1) is 13.6. The Morgan fingerprint density at radius 2 is 0.929 bits per heavy atom. The molecule has 2 aliphatic carbocycles. The van der Waals surface area contributed by atoms with Crippen LogP contribution in [0.2, 0.25) is 0 Å². The summed E-state index contributed by atoms with van der Waals surface area (Å²) in [6.07, 6.45) is 0. The zero-order valence-corrected chi connectivity index (χ0v) is 17.5. The molecule has 4 heteroatoms. The van der Waals surface area contributed by atoms with Gasteiger partial charge in [0, 0.05) is 42.0 Å². The van der Waals surface area contributed by atoms with Crippen molar-refractivity contribution in [3.63, 3.8) is 0 Å². The van der Waals surface area contributed by atoms with Crippen LogP contribution in [0.1, 0.15) is 31.8 Å². The van der Waals surface area contributed by atoms with E-state index in [4.69, 9.17) is 0 Å². The van der Waals surface area contributed by atoms with Gasteiger partial charge in [0.15, 0.2) is 11.6 Å². The van der Waals surface area contributed by atoms with Crippen LogP contribution in [0.3, 0.4) is 0 Å². The quantitative estimate of drug-likeness (QED) is 0.235. The van der Waals surface area contributed by atoms with Gasteiger partial charge in [-0.05, 0) is 78.4 Å². The Labute approximate surface area is 177 Å². The number of carbonyl (C=O) groups excluding carboxylic acids is 2. The first kappa shape index (κ1) is 16.4. The normalized spacial score (nSPS) is 13.5. The van der Waals surface area contributed by atoms with Crippen LogP contribution in [-0.4, -0.2) is 11.6 Å².